The van der Waals surface area contributed by atoms with Gasteiger partial charge in [-0.1, -0.05) is 13.8 Å². The standard InChI is InChI=1S/C15H29N3O/c1-12(2)7-15(6,19)11-16-8-13-9-17-18(10-13)14(3,4)5/h9-10,12,16,19H,7-8,11H2,1-6H3. The molecule has 2 N–H and O–H groups in total. The first kappa shape index (κ1) is 16.2. The van der Waals surface area contributed by atoms with E-state index in [0.29, 0.717) is 12.5 Å². The van der Waals surface area contributed by atoms with Crippen molar-refractivity contribution in [3.8, 4) is 0 Å². The second-order valence-electron chi connectivity index (χ2n) is 7.16. The summed E-state index contributed by atoms with van der Waals surface area (Å²) in [5.41, 5.74) is 0.519. The first-order valence-corrected chi connectivity index (χ1v) is 7.07. The van der Waals surface area contributed by atoms with Crippen LogP contribution in [0.1, 0.15) is 53.5 Å². The quantitative estimate of drug-likeness (QED) is 0.832. The normalized spacial score (nSPS) is 15.8. The van der Waals surface area contributed by atoms with Crippen molar-refractivity contribution in [2.24, 2.45) is 5.92 Å². The molecule has 19 heavy (non-hydrogen) atoms. The Kier molecular flexibility index (Phi) is 5.16. The van der Waals surface area contributed by atoms with Crippen LogP contribution in [0.5, 0.6) is 0 Å². The molecule has 110 valence electrons. The van der Waals surface area contributed by atoms with E-state index in [9.17, 15) is 5.11 Å². The summed E-state index contributed by atoms with van der Waals surface area (Å²) in [7, 11) is 0. The zero-order chi connectivity index (χ0) is 14.7. The maximum Gasteiger partial charge on any atom is 0.0746 e. The number of aliphatic hydroxyl groups is 1. The van der Waals surface area contributed by atoms with Crippen LogP contribution in [0.4, 0.5) is 0 Å². The van der Waals surface area contributed by atoms with E-state index in [1.165, 1.54) is 0 Å². The van der Waals surface area contributed by atoms with E-state index >= 15 is 0 Å². The SMILES string of the molecule is CC(C)CC(C)(O)CNCc1cnn(C(C)(C)C)c1. The Morgan fingerprint density at radius 3 is 2.42 bits per heavy atom. The molecule has 1 aromatic heterocycles. The van der Waals surface area contributed by atoms with Gasteiger partial charge in [-0.05, 0) is 40.0 Å². The maximum atomic E-state index is 10.2. The minimum atomic E-state index is -0.645. The third-order valence-corrected chi connectivity index (χ3v) is 3.01. The van der Waals surface area contributed by atoms with Crippen molar-refractivity contribution < 1.29 is 5.11 Å². The van der Waals surface area contributed by atoms with Gasteiger partial charge in [0, 0.05) is 24.8 Å². The van der Waals surface area contributed by atoms with Crippen LogP contribution in [-0.2, 0) is 12.1 Å². The molecule has 0 amide bonds. The molecular weight excluding hydrogens is 238 g/mol. The van der Waals surface area contributed by atoms with Crippen molar-refractivity contribution in [2.45, 2.75) is 65.6 Å². The topological polar surface area (TPSA) is 50.1 Å². The smallest absolute Gasteiger partial charge is 0.0746 e. The highest BCUT2D eigenvalue weighted by Gasteiger charge is 2.21. The van der Waals surface area contributed by atoms with Gasteiger partial charge in [0.2, 0.25) is 0 Å². The highest BCUT2D eigenvalue weighted by atomic mass is 16.3. The van der Waals surface area contributed by atoms with Crippen LogP contribution in [0.2, 0.25) is 0 Å². The Labute approximate surface area is 117 Å². The molecule has 0 aliphatic carbocycles. The van der Waals surface area contributed by atoms with Crippen LogP contribution in [0, 0.1) is 5.92 Å². The lowest BCUT2D eigenvalue weighted by atomic mass is 9.94. The largest absolute Gasteiger partial charge is 0.389 e. The fourth-order valence-electron chi connectivity index (χ4n) is 2.25. The molecule has 0 aromatic carbocycles. The Hall–Kier alpha value is -0.870. The van der Waals surface area contributed by atoms with E-state index in [1.807, 2.05) is 17.8 Å². The summed E-state index contributed by atoms with van der Waals surface area (Å²) in [6, 6.07) is 0. The molecule has 1 aromatic rings. The molecule has 0 bridgehead atoms. The van der Waals surface area contributed by atoms with Crippen LogP contribution >= 0.6 is 0 Å². The van der Waals surface area contributed by atoms with E-state index in [1.54, 1.807) is 0 Å². The van der Waals surface area contributed by atoms with Crippen LogP contribution in [-0.4, -0.2) is 27.0 Å². The predicted octanol–water partition coefficient (Wildman–Crippen LogP) is 2.52. The summed E-state index contributed by atoms with van der Waals surface area (Å²) in [4.78, 5) is 0. The van der Waals surface area contributed by atoms with Gasteiger partial charge in [-0.25, -0.2) is 0 Å². The highest BCUT2D eigenvalue weighted by Crippen LogP contribution is 2.16. The second kappa shape index (κ2) is 6.06. The molecule has 0 aliphatic heterocycles. The van der Waals surface area contributed by atoms with Crippen molar-refractivity contribution in [3.63, 3.8) is 0 Å². The molecule has 0 radical (unpaired) electrons. The molecule has 4 nitrogen and oxygen atoms in total. The van der Waals surface area contributed by atoms with Crippen molar-refractivity contribution >= 4 is 0 Å². The van der Waals surface area contributed by atoms with E-state index < -0.39 is 5.60 Å². The Morgan fingerprint density at radius 1 is 1.32 bits per heavy atom. The van der Waals surface area contributed by atoms with Gasteiger partial charge in [-0.2, -0.15) is 5.10 Å². The molecule has 4 heteroatoms. The molecule has 1 unspecified atom stereocenters. The van der Waals surface area contributed by atoms with Gasteiger partial charge in [0.1, 0.15) is 0 Å². The minimum absolute atomic E-state index is 0.0153. The van der Waals surface area contributed by atoms with Crippen LogP contribution in [0.15, 0.2) is 12.4 Å². The van der Waals surface area contributed by atoms with Crippen molar-refractivity contribution in [2.75, 3.05) is 6.54 Å². The third kappa shape index (κ3) is 5.74. The lowest BCUT2D eigenvalue weighted by Crippen LogP contribution is -2.38. The average molecular weight is 267 g/mol. The molecule has 0 spiro atoms. The van der Waals surface area contributed by atoms with Gasteiger partial charge < -0.3 is 10.4 Å². The van der Waals surface area contributed by atoms with Crippen LogP contribution in [0.3, 0.4) is 0 Å². The van der Waals surface area contributed by atoms with Gasteiger partial charge in [-0.15, -0.1) is 0 Å². The maximum absolute atomic E-state index is 10.2. The van der Waals surface area contributed by atoms with Gasteiger partial charge in [0.15, 0.2) is 0 Å². The summed E-state index contributed by atoms with van der Waals surface area (Å²) < 4.78 is 1.97. The first-order valence-electron chi connectivity index (χ1n) is 7.07. The molecule has 1 rings (SSSR count). The van der Waals surface area contributed by atoms with E-state index in [2.05, 4.69) is 51.2 Å². The van der Waals surface area contributed by atoms with Gasteiger partial charge in [0.25, 0.3) is 0 Å². The molecular formula is C15H29N3O. The fraction of sp³-hybridized carbons (Fsp3) is 0.800. The lowest BCUT2D eigenvalue weighted by Gasteiger charge is -2.25. The molecule has 1 heterocycles. The van der Waals surface area contributed by atoms with Crippen molar-refractivity contribution in [3.05, 3.63) is 18.0 Å². The minimum Gasteiger partial charge on any atom is -0.389 e. The number of rotatable bonds is 6. The van der Waals surface area contributed by atoms with Gasteiger partial charge in [-0.3, -0.25) is 4.68 Å². The lowest BCUT2D eigenvalue weighted by molar-refractivity contribution is 0.0383. The Bertz CT molecular complexity index is 388. The number of hydrogen-bond donors (Lipinski definition) is 2. The Morgan fingerprint density at radius 2 is 1.95 bits per heavy atom. The zero-order valence-electron chi connectivity index (χ0n) is 13.2. The fourth-order valence-corrected chi connectivity index (χ4v) is 2.25. The Balaban J connectivity index is 2.43. The average Bonchev–Trinajstić information content (AvgIpc) is 2.62. The summed E-state index contributed by atoms with van der Waals surface area (Å²) in [6.45, 7) is 13.9. The number of nitrogens with one attached hydrogen (secondary N) is 1. The first-order chi connectivity index (χ1) is 8.60. The summed E-state index contributed by atoms with van der Waals surface area (Å²) in [5.74, 6) is 0.500. The van der Waals surface area contributed by atoms with E-state index in [4.69, 9.17) is 0 Å². The molecule has 0 fully saturated rings. The van der Waals surface area contributed by atoms with Crippen LogP contribution < -0.4 is 5.32 Å². The second-order valence-corrected chi connectivity index (χ2v) is 7.16. The number of aromatic nitrogens is 2. The molecule has 0 saturated heterocycles. The van der Waals surface area contributed by atoms with Gasteiger partial charge in [0.05, 0.1) is 17.3 Å². The third-order valence-electron chi connectivity index (χ3n) is 3.01. The zero-order valence-corrected chi connectivity index (χ0v) is 13.2. The van der Waals surface area contributed by atoms with Crippen molar-refractivity contribution in [1.82, 2.24) is 15.1 Å². The highest BCUT2D eigenvalue weighted by molar-refractivity contribution is 5.05. The number of nitrogens with zero attached hydrogens (tertiary/aromatic N) is 2. The molecule has 0 aliphatic rings. The van der Waals surface area contributed by atoms with Crippen molar-refractivity contribution in [1.29, 1.82) is 0 Å². The molecule has 0 saturated carbocycles. The van der Waals surface area contributed by atoms with E-state index in [0.717, 1.165) is 18.5 Å². The summed E-state index contributed by atoms with van der Waals surface area (Å²) >= 11 is 0. The molecule has 1 atom stereocenters. The number of hydrogen-bond acceptors (Lipinski definition) is 3. The van der Waals surface area contributed by atoms with E-state index in [-0.39, 0.29) is 5.54 Å². The summed E-state index contributed by atoms with van der Waals surface area (Å²) in [5, 5.41) is 17.9. The summed E-state index contributed by atoms with van der Waals surface area (Å²) in [6.07, 6.45) is 4.75. The van der Waals surface area contributed by atoms with Gasteiger partial charge >= 0.3 is 0 Å². The van der Waals surface area contributed by atoms with Crippen LogP contribution in [0.25, 0.3) is 0 Å². The predicted molar refractivity (Wildman–Crippen MR) is 79.0 cm³/mol. The monoisotopic (exact) mass is 267 g/mol.